The van der Waals surface area contributed by atoms with E-state index in [2.05, 4.69) is 27.9 Å². The number of likely N-dealkylation sites (N-methyl/N-ethyl adjacent to an activating group) is 1. The van der Waals surface area contributed by atoms with E-state index >= 15 is 0 Å². The third-order valence-corrected chi connectivity index (χ3v) is 4.65. The van der Waals surface area contributed by atoms with E-state index in [4.69, 9.17) is 9.47 Å². The van der Waals surface area contributed by atoms with Crippen molar-refractivity contribution in [2.45, 2.75) is 20.3 Å². The Morgan fingerprint density at radius 1 is 1.09 bits per heavy atom. The predicted molar refractivity (Wildman–Crippen MR) is 94.3 cm³/mol. The molecule has 1 aromatic rings. The molecular formula is C17H25BrN2O3. The van der Waals surface area contributed by atoms with E-state index in [1.807, 2.05) is 30.9 Å². The Kier molecular flexibility index (Phi) is 6.72. The summed E-state index contributed by atoms with van der Waals surface area (Å²) < 4.78 is 12.1. The van der Waals surface area contributed by atoms with Gasteiger partial charge in [-0.25, -0.2) is 0 Å². The fourth-order valence-electron chi connectivity index (χ4n) is 2.58. The van der Waals surface area contributed by atoms with E-state index in [-0.39, 0.29) is 5.91 Å². The van der Waals surface area contributed by atoms with Gasteiger partial charge in [-0.3, -0.25) is 4.79 Å². The van der Waals surface area contributed by atoms with Crippen LogP contribution in [0.1, 0.15) is 19.4 Å². The van der Waals surface area contributed by atoms with Gasteiger partial charge in [0, 0.05) is 30.7 Å². The Hall–Kier alpha value is -1.27. The lowest BCUT2D eigenvalue weighted by atomic mass is 10.1. The maximum atomic E-state index is 12.5. The molecule has 0 unspecified atom stereocenters. The number of benzene rings is 1. The van der Waals surface area contributed by atoms with E-state index in [0.717, 1.165) is 36.2 Å². The van der Waals surface area contributed by atoms with Crippen LogP contribution in [-0.4, -0.2) is 62.1 Å². The van der Waals surface area contributed by atoms with Gasteiger partial charge in [-0.05, 0) is 38.6 Å². The van der Waals surface area contributed by atoms with Crippen molar-refractivity contribution in [1.82, 2.24) is 9.80 Å². The fourth-order valence-corrected chi connectivity index (χ4v) is 3.04. The summed E-state index contributed by atoms with van der Waals surface area (Å²) in [5.41, 5.74) is 0.931. The average Bonchev–Trinajstić information content (AvgIpc) is 2.52. The summed E-state index contributed by atoms with van der Waals surface area (Å²) in [6, 6.07) is 3.80. The predicted octanol–water partition coefficient (Wildman–Crippen LogP) is 2.56. The number of nitrogens with zero attached hydrogens (tertiary/aromatic N) is 2. The van der Waals surface area contributed by atoms with Gasteiger partial charge in [-0.2, -0.15) is 0 Å². The molecule has 1 saturated heterocycles. The van der Waals surface area contributed by atoms with E-state index in [1.54, 1.807) is 0 Å². The van der Waals surface area contributed by atoms with Gasteiger partial charge in [0.2, 0.25) is 5.91 Å². The first-order valence-corrected chi connectivity index (χ1v) is 8.88. The molecule has 1 aliphatic heterocycles. The Bertz CT molecular complexity index is 543. The average molecular weight is 385 g/mol. The standard InChI is InChI=1S/C17H25BrN2O3/c1-4-22-15-10-13(14(18)12-16(15)23-5-2)11-17(21)20-8-6-19(3)7-9-20/h10,12H,4-9,11H2,1-3H3. The van der Waals surface area contributed by atoms with Gasteiger partial charge < -0.3 is 19.3 Å². The third-order valence-electron chi connectivity index (χ3n) is 3.91. The molecule has 23 heavy (non-hydrogen) atoms. The molecule has 0 aromatic heterocycles. The second-order valence-electron chi connectivity index (χ2n) is 5.62. The SMILES string of the molecule is CCOc1cc(Br)c(CC(=O)N2CCN(C)CC2)cc1OCC. The summed E-state index contributed by atoms with van der Waals surface area (Å²) in [5, 5.41) is 0. The maximum absolute atomic E-state index is 12.5. The van der Waals surface area contributed by atoms with E-state index < -0.39 is 0 Å². The molecule has 2 rings (SSSR count). The van der Waals surface area contributed by atoms with Crippen LogP contribution in [0.4, 0.5) is 0 Å². The molecule has 1 heterocycles. The molecule has 0 N–H and O–H groups in total. The molecule has 1 amide bonds. The van der Waals surface area contributed by atoms with E-state index in [1.165, 1.54) is 0 Å². The summed E-state index contributed by atoms with van der Waals surface area (Å²) >= 11 is 3.55. The van der Waals surface area contributed by atoms with Gasteiger partial charge in [0.05, 0.1) is 19.6 Å². The number of hydrogen-bond donors (Lipinski definition) is 0. The van der Waals surface area contributed by atoms with Gasteiger partial charge in [-0.1, -0.05) is 15.9 Å². The van der Waals surface area contributed by atoms with Gasteiger partial charge in [0.1, 0.15) is 0 Å². The van der Waals surface area contributed by atoms with Gasteiger partial charge in [-0.15, -0.1) is 0 Å². The van der Waals surface area contributed by atoms with Crippen molar-refractivity contribution in [3.63, 3.8) is 0 Å². The summed E-state index contributed by atoms with van der Waals surface area (Å²) in [5.74, 6) is 1.56. The molecule has 0 bridgehead atoms. The normalized spacial score (nSPS) is 15.6. The molecule has 128 valence electrons. The summed E-state index contributed by atoms with van der Waals surface area (Å²) in [4.78, 5) is 16.7. The third kappa shape index (κ3) is 4.85. The van der Waals surface area contributed by atoms with Crippen molar-refractivity contribution in [1.29, 1.82) is 0 Å². The Labute approximate surface area is 146 Å². The number of piperazine rings is 1. The Morgan fingerprint density at radius 2 is 1.65 bits per heavy atom. The highest BCUT2D eigenvalue weighted by Gasteiger charge is 2.21. The minimum Gasteiger partial charge on any atom is -0.490 e. The lowest BCUT2D eigenvalue weighted by Crippen LogP contribution is -2.47. The quantitative estimate of drug-likeness (QED) is 0.755. The van der Waals surface area contributed by atoms with Crippen LogP contribution < -0.4 is 9.47 Å². The molecule has 5 nitrogen and oxygen atoms in total. The van der Waals surface area contributed by atoms with Crippen LogP contribution in [0, 0.1) is 0 Å². The van der Waals surface area contributed by atoms with Gasteiger partial charge in [0.25, 0.3) is 0 Å². The number of amides is 1. The lowest BCUT2D eigenvalue weighted by molar-refractivity contribution is -0.132. The zero-order valence-electron chi connectivity index (χ0n) is 14.1. The second-order valence-corrected chi connectivity index (χ2v) is 6.47. The number of halogens is 1. The van der Waals surface area contributed by atoms with Crippen LogP contribution in [0.3, 0.4) is 0 Å². The minimum atomic E-state index is 0.158. The Balaban J connectivity index is 2.12. The van der Waals surface area contributed by atoms with Crippen LogP contribution >= 0.6 is 15.9 Å². The minimum absolute atomic E-state index is 0.158. The van der Waals surface area contributed by atoms with Crippen LogP contribution in [0.5, 0.6) is 11.5 Å². The van der Waals surface area contributed by atoms with Gasteiger partial charge in [0.15, 0.2) is 11.5 Å². The highest BCUT2D eigenvalue weighted by Crippen LogP contribution is 2.34. The first-order valence-electron chi connectivity index (χ1n) is 8.09. The van der Waals surface area contributed by atoms with E-state index in [9.17, 15) is 4.79 Å². The van der Waals surface area contributed by atoms with Crippen molar-refractivity contribution in [3.05, 3.63) is 22.2 Å². The molecule has 0 aliphatic carbocycles. The molecule has 1 aliphatic rings. The molecule has 0 radical (unpaired) electrons. The zero-order chi connectivity index (χ0) is 16.8. The van der Waals surface area contributed by atoms with Crippen molar-refractivity contribution >= 4 is 21.8 Å². The van der Waals surface area contributed by atoms with Crippen LogP contribution in [0.2, 0.25) is 0 Å². The molecule has 1 aromatic carbocycles. The number of carbonyl (C=O) groups excluding carboxylic acids is 1. The fraction of sp³-hybridized carbons (Fsp3) is 0.588. The van der Waals surface area contributed by atoms with Crippen LogP contribution in [-0.2, 0) is 11.2 Å². The van der Waals surface area contributed by atoms with E-state index in [0.29, 0.717) is 31.1 Å². The van der Waals surface area contributed by atoms with Crippen LogP contribution in [0.25, 0.3) is 0 Å². The van der Waals surface area contributed by atoms with Gasteiger partial charge >= 0.3 is 0 Å². The number of ether oxygens (including phenoxy) is 2. The highest BCUT2D eigenvalue weighted by atomic mass is 79.9. The summed E-state index contributed by atoms with van der Waals surface area (Å²) in [7, 11) is 2.08. The number of carbonyl (C=O) groups is 1. The molecular weight excluding hydrogens is 360 g/mol. The molecule has 6 heteroatoms. The first-order chi connectivity index (χ1) is 11.0. The van der Waals surface area contributed by atoms with Crippen molar-refractivity contribution in [2.24, 2.45) is 0 Å². The topological polar surface area (TPSA) is 42.0 Å². The second kappa shape index (κ2) is 8.55. The number of rotatable bonds is 6. The first kappa shape index (κ1) is 18.1. The number of hydrogen-bond acceptors (Lipinski definition) is 4. The summed E-state index contributed by atoms with van der Waals surface area (Å²) in [6.45, 7) is 8.46. The molecule has 0 spiro atoms. The van der Waals surface area contributed by atoms with Crippen molar-refractivity contribution in [2.75, 3.05) is 46.4 Å². The lowest BCUT2D eigenvalue weighted by Gasteiger charge is -2.32. The molecule has 1 fully saturated rings. The highest BCUT2D eigenvalue weighted by molar-refractivity contribution is 9.10. The molecule has 0 saturated carbocycles. The van der Waals surface area contributed by atoms with Crippen LogP contribution in [0.15, 0.2) is 16.6 Å². The maximum Gasteiger partial charge on any atom is 0.227 e. The smallest absolute Gasteiger partial charge is 0.227 e. The monoisotopic (exact) mass is 384 g/mol. The summed E-state index contributed by atoms with van der Waals surface area (Å²) in [6.07, 6.45) is 0.372. The van der Waals surface area contributed by atoms with Crippen molar-refractivity contribution < 1.29 is 14.3 Å². The largest absolute Gasteiger partial charge is 0.490 e. The molecule has 0 atom stereocenters. The zero-order valence-corrected chi connectivity index (χ0v) is 15.7. The van der Waals surface area contributed by atoms with Crippen molar-refractivity contribution in [3.8, 4) is 11.5 Å². The Morgan fingerprint density at radius 3 is 2.22 bits per heavy atom.